The molecule has 6 rings (SSSR count). The number of carbonyl (C=O) groups is 1. The van der Waals surface area contributed by atoms with E-state index in [-0.39, 0.29) is 23.4 Å². The van der Waals surface area contributed by atoms with Gasteiger partial charge in [0, 0.05) is 18.2 Å². The largest absolute Gasteiger partial charge is 0.543 e. The van der Waals surface area contributed by atoms with E-state index in [9.17, 15) is 4.79 Å². The molecule has 0 spiro atoms. The molecule has 1 aliphatic heterocycles. The molecule has 1 heterocycles. The van der Waals surface area contributed by atoms with Crippen molar-refractivity contribution >= 4 is 19.8 Å². The molecule has 0 saturated carbocycles. The van der Waals surface area contributed by atoms with Gasteiger partial charge in [0.05, 0.1) is 46.3 Å². The summed E-state index contributed by atoms with van der Waals surface area (Å²) in [7, 11) is 4.65. The molecule has 0 aromatic heterocycles. The Bertz CT molecular complexity index is 1930. The molecule has 0 radical (unpaired) electrons. The molecule has 0 bridgehead atoms. The number of ether oxygens (including phenoxy) is 4. The third-order valence-corrected chi connectivity index (χ3v) is 15.2. The first-order chi connectivity index (χ1) is 23.8. The average molecular weight is 692 g/mol. The van der Waals surface area contributed by atoms with E-state index in [2.05, 4.69) is 69.1 Å². The fourth-order valence-electron chi connectivity index (χ4n) is 7.23. The molecule has 0 fully saturated rings. The minimum Gasteiger partial charge on any atom is -0.543 e. The second-order valence-corrected chi connectivity index (χ2v) is 19.5. The number of nitrogens with zero attached hydrogens (tertiary/aromatic N) is 1. The third kappa shape index (κ3) is 6.37. The lowest BCUT2D eigenvalue weighted by molar-refractivity contribution is -0.133. The lowest BCUT2D eigenvalue weighted by atomic mass is 9.68. The smallest absolute Gasteiger partial charge is 0.250 e. The van der Waals surface area contributed by atoms with Crippen molar-refractivity contribution in [2.24, 2.45) is 0 Å². The van der Waals surface area contributed by atoms with Gasteiger partial charge in [-0.2, -0.15) is 0 Å². The molecule has 8 heteroatoms. The van der Waals surface area contributed by atoms with Gasteiger partial charge in [0.15, 0.2) is 0 Å². The Hall–Kier alpha value is -4.69. The SMILES string of the molecule is COc1cccc(C2=C[C@]3(c4cccc(OC)c4)c4c(cc(OC)cc4OC)C[C@@H]3N(C(=O)Cc3cccc(O[Si](C)(C)C(C)(C)C)c3)C2)c1. The van der Waals surface area contributed by atoms with Gasteiger partial charge in [0.2, 0.25) is 14.2 Å². The number of fused-ring (bicyclic) bond motifs is 3. The van der Waals surface area contributed by atoms with E-state index in [0.717, 1.165) is 56.4 Å². The Labute approximate surface area is 297 Å². The summed E-state index contributed by atoms with van der Waals surface area (Å²) in [6, 6.07) is 28.1. The van der Waals surface area contributed by atoms with Crippen LogP contribution in [0, 0.1) is 0 Å². The number of amides is 1. The molecule has 0 saturated heterocycles. The molecule has 262 valence electrons. The monoisotopic (exact) mass is 691 g/mol. The van der Waals surface area contributed by atoms with Crippen LogP contribution < -0.4 is 23.4 Å². The van der Waals surface area contributed by atoms with Crippen molar-refractivity contribution in [3.8, 4) is 28.7 Å². The summed E-state index contributed by atoms with van der Waals surface area (Å²) in [6.45, 7) is 11.6. The van der Waals surface area contributed by atoms with Crippen LogP contribution in [0.4, 0.5) is 0 Å². The van der Waals surface area contributed by atoms with E-state index in [0.29, 0.717) is 18.7 Å². The molecule has 50 heavy (non-hydrogen) atoms. The Morgan fingerprint density at radius 3 is 2.14 bits per heavy atom. The van der Waals surface area contributed by atoms with Gasteiger partial charge in [-0.15, -0.1) is 0 Å². The second-order valence-electron chi connectivity index (χ2n) is 14.8. The van der Waals surface area contributed by atoms with Crippen molar-refractivity contribution in [2.75, 3.05) is 35.0 Å². The first-order valence-corrected chi connectivity index (χ1v) is 20.1. The van der Waals surface area contributed by atoms with Crippen molar-refractivity contribution in [3.63, 3.8) is 0 Å². The van der Waals surface area contributed by atoms with Crippen molar-refractivity contribution in [3.05, 3.63) is 119 Å². The zero-order valence-electron chi connectivity index (χ0n) is 30.8. The fourth-order valence-corrected chi connectivity index (χ4v) is 8.25. The van der Waals surface area contributed by atoms with Gasteiger partial charge in [0.25, 0.3) is 0 Å². The predicted molar refractivity (Wildman–Crippen MR) is 201 cm³/mol. The third-order valence-electron chi connectivity index (χ3n) is 10.8. The van der Waals surface area contributed by atoms with Crippen LogP contribution in [0.25, 0.3) is 5.57 Å². The summed E-state index contributed by atoms with van der Waals surface area (Å²) in [5.41, 5.74) is 5.32. The van der Waals surface area contributed by atoms with Crippen LogP contribution in [0.15, 0.2) is 91.0 Å². The average Bonchev–Trinajstić information content (AvgIpc) is 3.45. The maximum Gasteiger partial charge on any atom is 0.250 e. The van der Waals surface area contributed by atoms with Crippen LogP contribution >= 0.6 is 0 Å². The Morgan fingerprint density at radius 2 is 1.46 bits per heavy atom. The van der Waals surface area contributed by atoms with E-state index in [4.69, 9.17) is 23.4 Å². The normalized spacial score (nSPS) is 18.5. The first kappa shape index (κ1) is 35.1. The molecule has 1 amide bonds. The van der Waals surface area contributed by atoms with Gasteiger partial charge < -0.3 is 28.3 Å². The van der Waals surface area contributed by atoms with E-state index < -0.39 is 13.7 Å². The molecule has 2 aliphatic rings. The number of benzene rings is 4. The zero-order chi connectivity index (χ0) is 35.8. The van der Waals surface area contributed by atoms with Crippen LogP contribution in [0.1, 0.15) is 48.6 Å². The van der Waals surface area contributed by atoms with Crippen LogP contribution in [-0.4, -0.2) is 60.2 Å². The minimum atomic E-state index is -2.07. The molecular formula is C42H49NO6Si. The Balaban J connectivity index is 1.51. The topological polar surface area (TPSA) is 66.5 Å². The van der Waals surface area contributed by atoms with Crippen LogP contribution in [0.3, 0.4) is 0 Å². The van der Waals surface area contributed by atoms with E-state index in [1.165, 1.54) is 0 Å². The van der Waals surface area contributed by atoms with Gasteiger partial charge in [-0.3, -0.25) is 4.79 Å². The lowest BCUT2D eigenvalue weighted by Gasteiger charge is -2.46. The van der Waals surface area contributed by atoms with Gasteiger partial charge in [0.1, 0.15) is 28.7 Å². The molecule has 7 nitrogen and oxygen atoms in total. The van der Waals surface area contributed by atoms with Crippen molar-refractivity contribution < 1.29 is 28.2 Å². The van der Waals surface area contributed by atoms with Crippen molar-refractivity contribution in [1.29, 1.82) is 0 Å². The number of hydrogen-bond donors (Lipinski definition) is 0. The lowest BCUT2D eigenvalue weighted by Crippen LogP contribution is -2.54. The molecule has 1 aliphatic carbocycles. The zero-order valence-corrected chi connectivity index (χ0v) is 31.8. The standard InChI is InChI=1S/C42H49NO6Si/c1-41(2,3)50(8,9)49-35-18-10-13-28(19-35)20-39(44)43-27-31(29-14-11-16-33(21-29)45-4)26-42(32-15-12-17-34(24-32)46-5)38(43)23-30-22-36(47-6)25-37(48-7)40(30)42/h10-19,21-22,24-26,38H,20,23,27H2,1-9H3/t38-,42+/m0/s1. The van der Waals surface area contributed by atoms with Gasteiger partial charge >= 0.3 is 0 Å². The fraction of sp³-hybridized carbons (Fsp3) is 0.357. The van der Waals surface area contributed by atoms with Crippen LogP contribution in [-0.2, 0) is 23.1 Å². The number of hydrogen-bond acceptors (Lipinski definition) is 6. The molecule has 0 N–H and O–H groups in total. The number of carbonyl (C=O) groups excluding carboxylic acids is 1. The molecule has 4 aromatic carbocycles. The maximum absolute atomic E-state index is 14.9. The summed E-state index contributed by atoms with van der Waals surface area (Å²) >= 11 is 0. The number of methoxy groups -OCH3 is 4. The summed E-state index contributed by atoms with van der Waals surface area (Å²) < 4.78 is 29.9. The summed E-state index contributed by atoms with van der Waals surface area (Å²) in [4.78, 5) is 16.9. The summed E-state index contributed by atoms with van der Waals surface area (Å²) in [6.07, 6.45) is 3.21. The van der Waals surface area contributed by atoms with Crippen LogP contribution in [0.2, 0.25) is 18.1 Å². The van der Waals surface area contributed by atoms with Crippen molar-refractivity contribution in [2.45, 2.75) is 63.2 Å². The van der Waals surface area contributed by atoms with E-state index >= 15 is 0 Å². The van der Waals surface area contributed by atoms with Crippen LogP contribution in [0.5, 0.6) is 28.7 Å². The molecule has 4 aromatic rings. The van der Waals surface area contributed by atoms with E-state index in [1.54, 1.807) is 28.4 Å². The number of rotatable bonds is 10. The van der Waals surface area contributed by atoms with Crippen molar-refractivity contribution in [1.82, 2.24) is 4.90 Å². The summed E-state index contributed by atoms with van der Waals surface area (Å²) in [5.74, 6) is 3.79. The van der Waals surface area contributed by atoms with E-state index in [1.807, 2.05) is 60.7 Å². The summed E-state index contributed by atoms with van der Waals surface area (Å²) in [5, 5.41) is 0.0557. The Kier molecular flexibility index (Phi) is 9.53. The highest BCUT2D eigenvalue weighted by atomic mass is 28.4. The molecule has 2 atom stereocenters. The Morgan fingerprint density at radius 1 is 0.800 bits per heavy atom. The van der Waals surface area contributed by atoms with Gasteiger partial charge in [-0.05, 0) is 94.8 Å². The maximum atomic E-state index is 14.9. The van der Waals surface area contributed by atoms with Gasteiger partial charge in [-0.1, -0.05) is 63.2 Å². The predicted octanol–water partition coefficient (Wildman–Crippen LogP) is 8.48. The first-order valence-electron chi connectivity index (χ1n) is 17.2. The molecular weight excluding hydrogens is 643 g/mol. The highest BCUT2D eigenvalue weighted by Crippen LogP contribution is 2.56. The van der Waals surface area contributed by atoms with Gasteiger partial charge in [-0.25, -0.2) is 0 Å². The highest BCUT2D eigenvalue weighted by Gasteiger charge is 2.55. The quantitative estimate of drug-likeness (QED) is 0.156. The second kappa shape index (κ2) is 13.6. The molecule has 0 unspecified atom stereocenters. The minimum absolute atomic E-state index is 0.0407. The highest BCUT2D eigenvalue weighted by molar-refractivity contribution is 6.74.